The van der Waals surface area contributed by atoms with Crippen molar-refractivity contribution in [3.8, 4) is 0 Å². The Morgan fingerprint density at radius 1 is 1.05 bits per heavy atom. The van der Waals surface area contributed by atoms with Crippen LogP contribution in [-0.4, -0.2) is 98.7 Å². The van der Waals surface area contributed by atoms with Gasteiger partial charge in [0, 0.05) is 11.3 Å². The number of fused-ring (bicyclic) bond motifs is 3. The highest BCUT2D eigenvalue weighted by Gasteiger charge is 2.70. The zero-order valence-electron chi connectivity index (χ0n) is 21.4. The van der Waals surface area contributed by atoms with E-state index in [9.17, 15) is 40.2 Å². The van der Waals surface area contributed by atoms with Gasteiger partial charge in [0.15, 0.2) is 6.29 Å². The van der Waals surface area contributed by atoms with Gasteiger partial charge in [0.25, 0.3) is 0 Å². The van der Waals surface area contributed by atoms with E-state index >= 15 is 0 Å². The standard InChI is InChI=1S/C26H40O11/c1-23(15-5-4-13-8-25(15,11-28)10-26(13,34)12-29)6-3-7-24(2)19(23)21(37-22(24)33)36-20-18(32)17(31)16(30)14(9-27)35-20/h11,13-21,27,29-32,34H,3-10,12H2,1-2H3/t13-,14-,15-,16-,17+,18-,19+,20?,21+,23+,24-,25+,26+/m1/s1. The summed E-state index contributed by atoms with van der Waals surface area (Å²) in [6.45, 7) is 2.83. The van der Waals surface area contributed by atoms with Gasteiger partial charge in [-0.3, -0.25) is 4.79 Å². The van der Waals surface area contributed by atoms with Gasteiger partial charge in [-0.25, -0.2) is 0 Å². The van der Waals surface area contributed by atoms with Crippen molar-refractivity contribution in [3.63, 3.8) is 0 Å². The molecule has 1 unspecified atom stereocenters. The summed E-state index contributed by atoms with van der Waals surface area (Å²) in [6, 6.07) is 0. The third-order valence-electron chi connectivity index (χ3n) is 10.7. The van der Waals surface area contributed by atoms with Gasteiger partial charge < -0.3 is 49.6 Å². The minimum atomic E-state index is -1.65. The number of carbonyl (C=O) groups is 2. The van der Waals surface area contributed by atoms with Gasteiger partial charge in [-0.05, 0) is 62.7 Å². The molecular formula is C26H40O11. The number of rotatable bonds is 6. The van der Waals surface area contributed by atoms with Gasteiger partial charge in [0.1, 0.15) is 30.7 Å². The Labute approximate surface area is 215 Å². The van der Waals surface area contributed by atoms with Crippen molar-refractivity contribution in [1.29, 1.82) is 0 Å². The summed E-state index contributed by atoms with van der Waals surface area (Å²) in [5.41, 5.74) is -3.76. The predicted molar refractivity (Wildman–Crippen MR) is 124 cm³/mol. The zero-order valence-corrected chi connectivity index (χ0v) is 21.4. The molecule has 13 atom stereocenters. The molecule has 210 valence electrons. The number of hydrogen-bond donors (Lipinski definition) is 6. The number of esters is 1. The van der Waals surface area contributed by atoms with Crippen molar-refractivity contribution in [2.75, 3.05) is 13.2 Å². The third-order valence-corrected chi connectivity index (χ3v) is 10.7. The predicted octanol–water partition coefficient (Wildman–Crippen LogP) is -0.773. The SMILES string of the molecule is C[C@@]1([C@H]2CC[C@@H]3C[C@@]2(C=O)C[C@]3(O)CO)CCC[C@@]2(C)C(=O)O[C@H](OC3O[C@H](CO)[C@@H](O)[C@H](O)[C@H]3O)[C@@H]12. The summed E-state index contributed by atoms with van der Waals surface area (Å²) in [7, 11) is 0. The topological polar surface area (TPSA) is 183 Å². The fraction of sp³-hybridized carbons (Fsp3) is 0.923. The van der Waals surface area contributed by atoms with Crippen LogP contribution in [0.15, 0.2) is 0 Å². The Hall–Kier alpha value is -1.18. The second-order valence-electron chi connectivity index (χ2n) is 12.7. The Balaban J connectivity index is 1.49. The van der Waals surface area contributed by atoms with Crippen LogP contribution in [0, 0.1) is 34.0 Å². The normalized spacial score (nSPS) is 55.6. The molecule has 2 bridgehead atoms. The van der Waals surface area contributed by atoms with Gasteiger partial charge in [-0.15, -0.1) is 0 Å². The van der Waals surface area contributed by atoms with E-state index < -0.39 is 83.9 Å². The van der Waals surface area contributed by atoms with Gasteiger partial charge >= 0.3 is 5.97 Å². The van der Waals surface area contributed by atoms with E-state index in [0.717, 1.165) is 12.7 Å². The second kappa shape index (κ2) is 9.19. The van der Waals surface area contributed by atoms with E-state index in [1.165, 1.54) is 0 Å². The smallest absolute Gasteiger partial charge is 0.314 e. The molecule has 2 heterocycles. The van der Waals surface area contributed by atoms with E-state index in [0.29, 0.717) is 32.1 Å². The van der Waals surface area contributed by atoms with Crippen molar-refractivity contribution >= 4 is 12.3 Å². The molecule has 5 fully saturated rings. The molecular weight excluding hydrogens is 488 g/mol. The molecule has 6 N–H and O–H groups in total. The second-order valence-corrected chi connectivity index (χ2v) is 12.7. The van der Waals surface area contributed by atoms with E-state index in [1.54, 1.807) is 0 Å². The van der Waals surface area contributed by atoms with Crippen LogP contribution in [0.4, 0.5) is 0 Å². The van der Waals surface area contributed by atoms with Gasteiger partial charge in [-0.1, -0.05) is 13.3 Å². The van der Waals surface area contributed by atoms with Crippen LogP contribution in [0.3, 0.4) is 0 Å². The molecule has 0 aromatic heterocycles. The summed E-state index contributed by atoms with van der Waals surface area (Å²) in [5, 5.41) is 61.5. The van der Waals surface area contributed by atoms with Crippen molar-refractivity contribution < 1.29 is 54.4 Å². The van der Waals surface area contributed by atoms with Crippen LogP contribution >= 0.6 is 0 Å². The third kappa shape index (κ3) is 3.84. The van der Waals surface area contributed by atoms with Crippen LogP contribution in [0.5, 0.6) is 0 Å². The van der Waals surface area contributed by atoms with E-state index in [4.69, 9.17) is 14.2 Å². The summed E-state index contributed by atoms with van der Waals surface area (Å²) < 4.78 is 17.3. The quantitative estimate of drug-likeness (QED) is 0.188. The van der Waals surface area contributed by atoms with Crippen LogP contribution in [0.2, 0.25) is 0 Å². The first-order valence-corrected chi connectivity index (χ1v) is 13.4. The fourth-order valence-electron chi connectivity index (χ4n) is 8.90. The number of aliphatic hydroxyl groups excluding tert-OH is 5. The molecule has 0 amide bonds. The van der Waals surface area contributed by atoms with Crippen molar-refractivity contribution in [3.05, 3.63) is 0 Å². The Morgan fingerprint density at radius 2 is 1.78 bits per heavy atom. The molecule has 11 nitrogen and oxygen atoms in total. The Bertz CT molecular complexity index is 913. The molecule has 2 aliphatic heterocycles. The molecule has 5 rings (SSSR count). The molecule has 0 aromatic rings. The van der Waals surface area contributed by atoms with E-state index in [2.05, 4.69) is 0 Å². The lowest BCUT2D eigenvalue weighted by Gasteiger charge is -2.56. The van der Waals surface area contributed by atoms with Crippen LogP contribution in [-0.2, 0) is 23.8 Å². The monoisotopic (exact) mass is 528 g/mol. The van der Waals surface area contributed by atoms with Gasteiger partial charge in [-0.2, -0.15) is 0 Å². The minimum Gasteiger partial charge on any atom is -0.435 e. The lowest BCUT2D eigenvalue weighted by molar-refractivity contribution is -0.340. The highest BCUT2D eigenvalue weighted by Crippen LogP contribution is 2.69. The minimum absolute atomic E-state index is 0.154. The van der Waals surface area contributed by atoms with Crippen LogP contribution in [0.1, 0.15) is 58.8 Å². The highest BCUT2D eigenvalue weighted by molar-refractivity contribution is 5.79. The molecule has 0 spiro atoms. The molecule has 3 saturated carbocycles. The zero-order chi connectivity index (χ0) is 27.0. The molecule has 2 saturated heterocycles. The average Bonchev–Trinajstić information content (AvgIpc) is 3.26. The lowest BCUT2D eigenvalue weighted by atomic mass is 9.46. The summed E-state index contributed by atoms with van der Waals surface area (Å²) in [6.07, 6.45) is -3.86. The fourth-order valence-corrected chi connectivity index (χ4v) is 8.90. The van der Waals surface area contributed by atoms with Gasteiger partial charge in [0.05, 0.1) is 24.2 Å². The Kier molecular flexibility index (Phi) is 6.81. The molecule has 0 radical (unpaired) electrons. The summed E-state index contributed by atoms with van der Waals surface area (Å²) in [4.78, 5) is 26.0. The molecule has 5 aliphatic rings. The van der Waals surface area contributed by atoms with E-state index in [1.807, 2.05) is 13.8 Å². The van der Waals surface area contributed by atoms with Crippen molar-refractivity contribution in [2.45, 2.75) is 101 Å². The number of ether oxygens (including phenoxy) is 3. The number of aliphatic hydroxyl groups is 6. The largest absolute Gasteiger partial charge is 0.435 e. The number of aldehydes is 1. The number of hydrogen-bond acceptors (Lipinski definition) is 11. The molecule has 0 aromatic carbocycles. The summed E-state index contributed by atoms with van der Waals surface area (Å²) in [5.74, 6) is -1.38. The maximum Gasteiger partial charge on any atom is 0.314 e. The maximum absolute atomic E-state index is 13.3. The molecule has 3 aliphatic carbocycles. The molecule has 37 heavy (non-hydrogen) atoms. The number of carbonyl (C=O) groups excluding carboxylic acids is 2. The van der Waals surface area contributed by atoms with E-state index in [-0.39, 0.29) is 18.3 Å². The first-order valence-electron chi connectivity index (χ1n) is 13.4. The maximum atomic E-state index is 13.3. The summed E-state index contributed by atoms with van der Waals surface area (Å²) >= 11 is 0. The van der Waals surface area contributed by atoms with Crippen LogP contribution < -0.4 is 0 Å². The first kappa shape index (κ1) is 27.4. The number of cyclic esters (lactones) is 1. The van der Waals surface area contributed by atoms with Crippen molar-refractivity contribution in [2.24, 2.45) is 34.0 Å². The molecule has 11 heteroatoms. The van der Waals surface area contributed by atoms with Crippen molar-refractivity contribution in [1.82, 2.24) is 0 Å². The highest BCUT2D eigenvalue weighted by atomic mass is 16.8. The van der Waals surface area contributed by atoms with Crippen LogP contribution in [0.25, 0.3) is 0 Å². The first-order chi connectivity index (χ1) is 17.4. The Morgan fingerprint density at radius 3 is 2.43 bits per heavy atom. The van der Waals surface area contributed by atoms with Gasteiger partial charge in [0.2, 0.25) is 6.29 Å². The average molecular weight is 529 g/mol. The lowest BCUT2D eigenvalue weighted by Crippen LogP contribution is -2.61.